The monoisotopic (exact) mass is 288 g/mol. The molecule has 21 heavy (non-hydrogen) atoms. The molecule has 0 aromatic rings. The van der Waals surface area contributed by atoms with Crippen molar-refractivity contribution in [2.45, 2.75) is 70.5 Å². The molecule has 0 radical (unpaired) electrons. The third kappa shape index (κ3) is 2.89. The van der Waals surface area contributed by atoms with Crippen LogP contribution in [0, 0.1) is 11.3 Å². The van der Waals surface area contributed by atoms with E-state index in [1.165, 1.54) is 38.5 Å². The van der Waals surface area contributed by atoms with Gasteiger partial charge in [-0.3, -0.25) is 0 Å². The maximum absolute atomic E-state index is 9.93. The number of aliphatic hydroxyl groups is 2. The molecule has 3 saturated carbocycles. The van der Waals surface area contributed by atoms with Gasteiger partial charge in [0, 0.05) is 6.42 Å². The van der Waals surface area contributed by atoms with Crippen LogP contribution < -0.4 is 0 Å². The molecule has 2 N–H and O–H groups in total. The van der Waals surface area contributed by atoms with E-state index in [9.17, 15) is 10.2 Å². The predicted octanol–water partition coefficient (Wildman–Crippen LogP) is 3.90. The first-order chi connectivity index (χ1) is 9.99. The highest BCUT2D eigenvalue weighted by Gasteiger charge is 2.42. The van der Waals surface area contributed by atoms with Crippen LogP contribution in [-0.2, 0) is 0 Å². The maximum Gasteiger partial charge on any atom is 0.0811 e. The summed E-state index contributed by atoms with van der Waals surface area (Å²) in [5.41, 5.74) is 3.92. The third-order valence-electron chi connectivity index (χ3n) is 6.01. The number of aliphatic hydroxyl groups excluding tert-OH is 2. The van der Waals surface area contributed by atoms with E-state index in [4.69, 9.17) is 0 Å². The minimum absolute atomic E-state index is 0.424. The molecular weight excluding hydrogens is 260 g/mol. The number of hydrogen-bond acceptors (Lipinski definition) is 2. The Hall–Kier alpha value is -0.860. The molecule has 0 saturated heterocycles. The van der Waals surface area contributed by atoms with Gasteiger partial charge >= 0.3 is 0 Å². The molecule has 0 amide bonds. The maximum atomic E-state index is 9.93. The van der Waals surface area contributed by atoms with Crippen LogP contribution in [0.25, 0.3) is 0 Å². The van der Waals surface area contributed by atoms with Gasteiger partial charge in [-0.05, 0) is 61.0 Å². The topological polar surface area (TPSA) is 40.5 Å². The molecule has 3 aliphatic carbocycles. The highest BCUT2D eigenvalue weighted by Crippen LogP contribution is 2.54. The second kappa shape index (κ2) is 5.73. The quantitative estimate of drug-likeness (QED) is 0.768. The Morgan fingerprint density at radius 2 is 1.95 bits per heavy atom. The van der Waals surface area contributed by atoms with E-state index in [0.717, 1.165) is 17.1 Å². The van der Waals surface area contributed by atoms with Crippen LogP contribution in [0.2, 0.25) is 0 Å². The number of fused-ring (bicyclic) bond motifs is 1. The molecule has 4 atom stereocenters. The summed E-state index contributed by atoms with van der Waals surface area (Å²) in [6.07, 6.45) is 12.4. The molecule has 0 aromatic heterocycles. The molecular formula is C19H28O2. The lowest BCUT2D eigenvalue weighted by Gasteiger charge is -2.38. The second-order valence-electron chi connectivity index (χ2n) is 7.52. The molecule has 0 aliphatic heterocycles. The molecule has 2 nitrogen and oxygen atoms in total. The van der Waals surface area contributed by atoms with Crippen molar-refractivity contribution < 1.29 is 10.2 Å². The molecule has 0 bridgehead atoms. The summed E-state index contributed by atoms with van der Waals surface area (Å²) >= 11 is 0. The van der Waals surface area contributed by atoms with Crippen LogP contribution in [0.3, 0.4) is 0 Å². The van der Waals surface area contributed by atoms with Crippen molar-refractivity contribution in [1.82, 2.24) is 0 Å². The fourth-order valence-electron chi connectivity index (χ4n) is 4.70. The lowest BCUT2D eigenvalue weighted by molar-refractivity contribution is 0.0862. The summed E-state index contributed by atoms with van der Waals surface area (Å²) < 4.78 is 0. The lowest BCUT2D eigenvalue weighted by atomic mass is 9.67. The molecule has 2 heteroatoms. The molecule has 116 valence electrons. The minimum Gasteiger partial charge on any atom is -0.393 e. The van der Waals surface area contributed by atoms with Crippen LogP contribution in [0.1, 0.15) is 58.3 Å². The SMILES string of the molecule is C=C1/C(=C\C=C2/CCCC3(C)CCC[C@@H]23)C[C@@H](O)C[C@@H]1O. The second-order valence-corrected chi connectivity index (χ2v) is 7.52. The lowest BCUT2D eigenvalue weighted by Crippen LogP contribution is -2.28. The van der Waals surface area contributed by atoms with Crippen molar-refractivity contribution in [2.75, 3.05) is 0 Å². The predicted molar refractivity (Wildman–Crippen MR) is 85.9 cm³/mol. The van der Waals surface area contributed by atoms with E-state index in [0.29, 0.717) is 18.3 Å². The molecule has 1 unspecified atom stereocenters. The number of hydrogen-bond donors (Lipinski definition) is 2. The molecule has 3 fully saturated rings. The van der Waals surface area contributed by atoms with Gasteiger partial charge in [-0.25, -0.2) is 0 Å². The normalized spacial score (nSPS) is 44.3. The van der Waals surface area contributed by atoms with Crippen LogP contribution in [0.15, 0.2) is 35.5 Å². The van der Waals surface area contributed by atoms with Crippen molar-refractivity contribution in [3.63, 3.8) is 0 Å². The summed E-state index contributed by atoms with van der Waals surface area (Å²) in [4.78, 5) is 0. The summed E-state index contributed by atoms with van der Waals surface area (Å²) in [5.74, 6) is 0.745. The third-order valence-corrected chi connectivity index (χ3v) is 6.01. The van der Waals surface area contributed by atoms with Gasteiger partial charge in [0.1, 0.15) is 0 Å². The Morgan fingerprint density at radius 3 is 2.76 bits per heavy atom. The fourth-order valence-corrected chi connectivity index (χ4v) is 4.70. The van der Waals surface area contributed by atoms with Crippen LogP contribution >= 0.6 is 0 Å². The molecule has 0 aromatic carbocycles. The Labute approximate surface area is 128 Å². The van der Waals surface area contributed by atoms with Gasteiger partial charge in [0.25, 0.3) is 0 Å². The van der Waals surface area contributed by atoms with Gasteiger partial charge < -0.3 is 10.2 Å². The molecule has 0 heterocycles. The molecule has 0 spiro atoms. The average molecular weight is 288 g/mol. The average Bonchev–Trinajstić information content (AvgIpc) is 2.83. The van der Waals surface area contributed by atoms with Gasteiger partial charge in [0.15, 0.2) is 0 Å². The Kier molecular flexibility index (Phi) is 4.11. The van der Waals surface area contributed by atoms with Gasteiger partial charge in [0.2, 0.25) is 0 Å². The van der Waals surface area contributed by atoms with Crippen LogP contribution in [0.5, 0.6) is 0 Å². The van der Waals surface area contributed by atoms with Gasteiger partial charge in [-0.15, -0.1) is 0 Å². The van der Waals surface area contributed by atoms with Gasteiger partial charge in [-0.1, -0.05) is 37.6 Å². The van der Waals surface area contributed by atoms with Crippen molar-refractivity contribution in [3.8, 4) is 0 Å². The first kappa shape index (κ1) is 15.1. The zero-order chi connectivity index (χ0) is 15.0. The fraction of sp³-hybridized carbons (Fsp3) is 0.684. The summed E-state index contributed by atoms with van der Waals surface area (Å²) in [6, 6.07) is 0. The van der Waals surface area contributed by atoms with E-state index in [1.54, 1.807) is 5.57 Å². The van der Waals surface area contributed by atoms with E-state index in [2.05, 4.69) is 25.7 Å². The standard InChI is InChI=1S/C19H28O2/c1-13-15(11-16(20)12-18(13)21)8-7-14-5-3-9-19(2)10-4-6-17(14)19/h7-8,16-18,20-21H,1,3-6,9-12H2,2H3/b14-7+,15-8-/t16-,17+,18+,19?/m1/s1. The summed E-state index contributed by atoms with van der Waals surface area (Å²) in [5, 5.41) is 19.8. The Balaban J connectivity index is 1.81. The first-order valence-corrected chi connectivity index (χ1v) is 8.44. The molecule has 3 aliphatic rings. The highest BCUT2D eigenvalue weighted by molar-refractivity contribution is 5.38. The van der Waals surface area contributed by atoms with E-state index in [-0.39, 0.29) is 0 Å². The van der Waals surface area contributed by atoms with Crippen molar-refractivity contribution >= 4 is 0 Å². The van der Waals surface area contributed by atoms with E-state index < -0.39 is 12.2 Å². The number of allylic oxidation sites excluding steroid dienone is 3. The van der Waals surface area contributed by atoms with Crippen molar-refractivity contribution in [1.29, 1.82) is 0 Å². The molecule has 3 rings (SSSR count). The van der Waals surface area contributed by atoms with Crippen molar-refractivity contribution in [3.05, 3.63) is 35.5 Å². The van der Waals surface area contributed by atoms with Crippen LogP contribution in [-0.4, -0.2) is 22.4 Å². The summed E-state index contributed by atoms with van der Waals surface area (Å²) in [6.45, 7) is 6.45. The first-order valence-electron chi connectivity index (χ1n) is 8.44. The van der Waals surface area contributed by atoms with E-state index in [1.807, 2.05) is 0 Å². The van der Waals surface area contributed by atoms with Crippen LogP contribution in [0.4, 0.5) is 0 Å². The number of rotatable bonds is 1. The highest BCUT2D eigenvalue weighted by atomic mass is 16.3. The Morgan fingerprint density at radius 1 is 1.19 bits per heavy atom. The van der Waals surface area contributed by atoms with Gasteiger partial charge in [0.05, 0.1) is 12.2 Å². The van der Waals surface area contributed by atoms with E-state index >= 15 is 0 Å². The minimum atomic E-state index is -0.582. The smallest absolute Gasteiger partial charge is 0.0811 e. The summed E-state index contributed by atoms with van der Waals surface area (Å²) in [7, 11) is 0. The van der Waals surface area contributed by atoms with Gasteiger partial charge in [-0.2, -0.15) is 0 Å². The zero-order valence-corrected chi connectivity index (χ0v) is 13.1. The Bertz CT molecular complexity index is 488. The zero-order valence-electron chi connectivity index (χ0n) is 13.1. The largest absolute Gasteiger partial charge is 0.393 e. The van der Waals surface area contributed by atoms with Crippen molar-refractivity contribution in [2.24, 2.45) is 11.3 Å².